The molecule has 1 unspecified atom stereocenters. The fraction of sp³-hybridized carbons (Fsp3) is 0.214. The number of hydrogen-bond acceptors (Lipinski definition) is 4. The maximum absolute atomic E-state index is 6.21. The lowest BCUT2D eigenvalue weighted by molar-refractivity contribution is 0.866. The lowest BCUT2D eigenvalue weighted by Crippen LogP contribution is -2.14. The molecule has 4 heteroatoms. The van der Waals surface area contributed by atoms with Crippen LogP contribution in [0.2, 0.25) is 0 Å². The molecule has 1 heterocycles. The van der Waals surface area contributed by atoms with E-state index in [-0.39, 0.29) is 6.04 Å². The Morgan fingerprint density at radius 2 is 1.94 bits per heavy atom. The van der Waals surface area contributed by atoms with E-state index in [0.29, 0.717) is 5.82 Å². The molecule has 0 saturated carbocycles. The third-order valence-corrected chi connectivity index (χ3v) is 3.65. The lowest BCUT2D eigenvalue weighted by Gasteiger charge is -2.14. The van der Waals surface area contributed by atoms with E-state index in [2.05, 4.69) is 36.2 Å². The first-order valence-electron chi connectivity index (χ1n) is 5.91. The molecule has 1 aromatic heterocycles. The predicted molar refractivity (Wildman–Crippen MR) is 77.5 cm³/mol. The standard InChI is InChI=1S/C14H17N3S/c1-2-18-11-7-5-10(6-8-11)13(15)12-4-3-9-17-14(12)16/h3-9,13H,2,15H2,1H3,(H2,16,17). The van der Waals surface area contributed by atoms with Crippen LogP contribution in [0.3, 0.4) is 0 Å². The van der Waals surface area contributed by atoms with Crippen molar-refractivity contribution >= 4 is 17.6 Å². The average Bonchev–Trinajstić information content (AvgIpc) is 2.40. The number of nitrogens with zero attached hydrogens (tertiary/aromatic N) is 1. The number of anilines is 1. The van der Waals surface area contributed by atoms with Gasteiger partial charge in [0.2, 0.25) is 0 Å². The molecule has 0 spiro atoms. The number of benzene rings is 1. The Balaban J connectivity index is 2.23. The van der Waals surface area contributed by atoms with Crippen molar-refractivity contribution in [3.05, 3.63) is 53.7 Å². The average molecular weight is 259 g/mol. The van der Waals surface area contributed by atoms with E-state index in [1.165, 1.54) is 4.90 Å². The SMILES string of the molecule is CCSc1ccc(C(N)c2cccnc2N)cc1. The summed E-state index contributed by atoms with van der Waals surface area (Å²) < 4.78 is 0. The molecular formula is C14H17N3S. The topological polar surface area (TPSA) is 64.9 Å². The molecule has 18 heavy (non-hydrogen) atoms. The molecule has 0 aliphatic heterocycles. The first-order valence-corrected chi connectivity index (χ1v) is 6.89. The van der Waals surface area contributed by atoms with Gasteiger partial charge in [-0.2, -0.15) is 0 Å². The molecule has 0 saturated heterocycles. The highest BCUT2D eigenvalue weighted by atomic mass is 32.2. The van der Waals surface area contributed by atoms with E-state index >= 15 is 0 Å². The second-order valence-electron chi connectivity index (χ2n) is 3.96. The van der Waals surface area contributed by atoms with Gasteiger partial charge in [0.05, 0.1) is 6.04 Å². The van der Waals surface area contributed by atoms with Gasteiger partial charge in [-0.05, 0) is 29.5 Å². The first-order chi connectivity index (χ1) is 8.72. The molecule has 1 aromatic carbocycles. The third-order valence-electron chi connectivity index (χ3n) is 2.76. The number of nitrogen functional groups attached to an aromatic ring is 1. The Labute approximate surface area is 112 Å². The monoisotopic (exact) mass is 259 g/mol. The van der Waals surface area contributed by atoms with E-state index in [1.54, 1.807) is 6.20 Å². The first kappa shape index (κ1) is 12.9. The Morgan fingerprint density at radius 1 is 1.22 bits per heavy atom. The van der Waals surface area contributed by atoms with Crippen LogP contribution in [-0.4, -0.2) is 10.7 Å². The minimum Gasteiger partial charge on any atom is -0.383 e. The molecule has 0 fully saturated rings. The smallest absolute Gasteiger partial charge is 0.128 e. The highest BCUT2D eigenvalue weighted by molar-refractivity contribution is 7.99. The summed E-state index contributed by atoms with van der Waals surface area (Å²) in [5.74, 6) is 1.57. The Kier molecular flexibility index (Phi) is 4.23. The van der Waals surface area contributed by atoms with Gasteiger partial charge in [-0.3, -0.25) is 0 Å². The van der Waals surface area contributed by atoms with Gasteiger partial charge in [0.15, 0.2) is 0 Å². The van der Waals surface area contributed by atoms with Crippen LogP contribution in [0.25, 0.3) is 0 Å². The lowest BCUT2D eigenvalue weighted by atomic mass is 10.0. The van der Waals surface area contributed by atoms with Gasteiger partial charge < -0.3 is 11.5 Å². The number of thioether (sulfide) groups is 1. The van der Waals surface area contributed by atoms with Crippen molar-refractivity contribution in [3.8, 4) is 0 Å². The maximum Gasteiger partial charge on any atom is 0.128 e. The molecular weight excluding hydrogens is 242 g/mol. The summed E-state index contributed by atoms with van der Waals surface area (Å²) in [4.78, 5) is 5.32. The van der Waals surface area contributed by atoms with Crippen LogP contribution in [0.4, 0.5) is 5.82 Å². The summed E-state index contributed by atoms with van der Waals surface area (Å²) in [6.45, 7) is 2.14. The number of aromatic nitrogens is 1. The minimum atomic E-state index is -0.223. The molecule has 2 aromatic rings. The van der Waals surface area contributed by atoms with Gasteiger partial charge >= 0.3 is 0 Å². The number of pyridine rings is 1. The molecule has 3 nitrogen and oxygen atoms in total. The minimum absolute atomic E-state index is 0.223. The summed E-state index contributed by atoms with van der Waals surface area (Å²) in [5, 5.41) is 0. The normalized spacial score (nSPS) is 12.3. The van der Waals surface area contributed by atoms with E-state index in [1.807, 2.05) is 23.9 Å². The van der Waals surface area contributed by atoms with Crippen LogP contribution in [0.15, 0.2) is 47.5 Å². The van der Waals surface area contributed by atoms with E-state index in [4.69, 9.17) is 11.5 Å². The summed E-state index contributed by atoms with van der Waals surface area (Å²) in [6.07, 6.45) is 1.67. The van der Waals surface area contributed by atoms with Crippen molar-refractivity contribution in [1.82, 2.24) is 4.98 Å². The van der Waals surface area contributed by atoms with Crippen LogP contribution in [-0.2, 0) is 0 Å². The van der Waals surface area contributed by atoms with Crippen molar-refractivity contribution < 1.29 is 0 Å². The molecule has 0 radical (unpaired) electrons. The van der Waals surface area contributed by atoms with Crippen LogP contribution in [0.1, 0.15) is 24.1 Å². The van der Waals surface area contributed by atoms with Crippen LogP contribution in [0.5, 0.6) is 0 Å². The van der Waals surface area contributed by atoms with Crippen LogP contribution >= 0.6 is 11.8 Å². The second kappa shape index (κ2) is 5.89. The summed E-state index contributed by atoms with van der Waals surface area (Å²) >= 11 is 1.82. The molecule has 0 bridgehead atoms. The van der Waals surface area contributed by atoms with E-state index < -0.39 is 0 Å². The second-order valence-corrected chi connectivity index (χ2v) is 5.30. The zero-order valence-electron chi connectivity index (χ0n) is 10.3. The van der Waals surface area contributed by atoms with Crippen molar-refractivity contribution in [2.75, 3.05) is 11.5 Å². The molecule has 0 aliphatic carbocycles. The van der Waals surface area contributed by atoms with Crippen molar-refractivity contribution in [2.24, 2.45) is 5.73 Å². The van der Waals surface area contributed by atoms with Gasteiger partial charge in [-0.15, -0.1) is 11.8 Å². The zero-order valence-corrected chi connectivity index (χ0v) is 11.2. The number of rotatable bonds is 4. The fourth-order valence-corrected chi connectivity index (χ4v) is 2.47. The highest BCUT2D eigenvalue weighted by Gasteiger charge is 2.12. The van der Waals surface area contributed by atoms with Crippen LogP contribution < -0.4 is 11.5 Å². The van der Waals surface area contributed by atoms with Gasteiger partial charge in [-0.1, -0.05) is 25.1 Å². The number of hydrogen-bond donors (Lipinski definition) is 2. The van der Waals surface area contributed by atoms with Gasteiger partial charge in [0.25, 0.3) is 0 Å². The molecule has 1 atom stereocenters. The fourth-order valence-electron chi connectivity index (χ4n) is 1.81. The van der Waals surface area contributed by atoms with Crippen molar-refractivity contribution in [2.45, 2.75) is 17.9 Å². The summed E-state index contributed by atoms with van der Waals surface area (Å²) in [5.41, 5.74) is 14.0. The van der Waals surface area contributed by atoms with E-state index in [0.717, 1.165) is 16.9 Å². The van der Waals surface area contributed by atoms with E-state index in [9.17, 15) is 0 Å². The molecule has 0 aliphatic rings. The predicted octanol–water partition coefficient (Wildman–Crippen LogP) is 2.82. The van der Waals surface area contributed by atoms with Gasteiger partial charge in [0, 0.05) is 16.7 Å². The van der Waals surface area contributed by atoms with Gasteiger partial charge in [0.1, 0.15) is 5.82 Å². The Hall–Kier alpha value is -1.52. The maximum atomic E-state index is 6.21. The quantitative estimate of drug-likeness (QED) is 0.829. The van der Waals surface area contributed by atoms with Crippen molar-refractivity contribution in [1.29, 1.82) is 0 Å². The Morgan fingerprint density at radius 3 is 2.56 bits per heavy atom. The molecule has 2 rings (SSSR count). The summed E-state index contributed by atoms with van der Waals surface area (Å²) in [7, 11) is 0. The third kappa shape index (κ3) is 2.83. The molecule has 94 valence electrons. The molecule has 0 amide bonds. The van der Waals surface area contributed by atoms with Crippen molar-refractivity contribution in [3.63, 3.8) is 0 Å². The Bertz CT molecular complexity index is 511. The largest absolute Gasteiger partial charge is 0.383 e. The number of nitrogens with two attached hydrogens (primary N) is 2. The van der Waals surface area contributed by atoms with Gasteiger partial charge in [-0.25, -0.2) is 4.98 Å². The zero-order chi connectivity index (χ0) is 13.0. The van der Waals surface area contributed by atoms with Crippen LogP contribution in [0, 0.1) is 0 Å². The highest BCUT2D eigenvalue weighted by Crippen LogP contribution is 2.25. The summed E-state index contributed by atoms with van der Waals surface area (Å²) in [6, 6.07) is 11.8. The molecule has 4 N–H and O–H groups in total.